The van der Waals surface area contributed by atoms with Gasteiger partial charge in [-0.1, -0.05) is 59.9 Å². The van der Waals surface area contributed by atoms with E-state index >= 15 is 0 Å². The van der Waals surface area contributed by atoms with Crippen LogP contribution in [0.5, 0.6) is 0 Å². The first-order valence-corrected chi connectivity index (χ1v) is 11.6. The fourth-order valence-corrected chi connectivity index (χ4v) is 4.94. The van der Waals surface area contributed by atoms with Gasteiger partial charge in [-0.15, -0.1) is 10.2 Å². The lowest BCUT2D eigenvalue weighted by molar-refractivity contribution is -0.119. The summed E-state index contributed by atoms with van der Waals surface area (Å²) in [5, 5.41) is 12.2. The first kappa shape index (κ1) is 21.2. The molecule has 1 aliphatic rings. The second-order valence-electron chi connectivity index (χ2n) is 8.03. The Labute approximate surface area is 194 Å². The maximum Gasteiger partial charge on any atom is 0.339 e. The van der Waals surface area contributed by atoms with Crippen LogP contribution >= 0.6 is 11.3 Å². The van der Waals surface area contributed by atoms with Crippen molar-refractivity contribution >= 4 is 39.2 Å². The summed E-state index contributed by atoms with van der Waals surface area (Å²) in [6.45, 7) is 1.40. The number of ether oxygens (including phenoxy) is 1. The number of rotatable bonds is 5. The zero-order valence-corrected chi connectivity index (χ0v) is 18.9. The number of hydrogen-bond acceptors (Lipinski definition) is 7. The number of amides is 1. The predicted molar refractivity (Wildman–Crippen MR) is 127 cm³/mol. The van der Waals surface area contributed by atoms with Gasteiger partial charge in [-0.2, -0.15) is 0 Å². The average molecular weight is 459 g/mol. The molecule has 0 aliphatic heterocycles. The number of carbonyl (C=O) groups is 2. The topological polar surface area (TPSA) is 94.1 Å². The van der Waals surface area contributed by atoms with E-state index in [2.05, 4.69) is 27.6 Å². The van der Waals surface area contributed by atoms with E-state index in [1.54, 1.807) is 6.92 Å². The number of pyridine rings is 1. The Bertz CT molecular complexity index is 1340. The van der Waals surface area contributed by atoms with Gasteiger partial charge in [-0.3, -0.25) is 15.1 Å². The summed E-state index contributed by atoms with van der Waals surface area (Å²) in [4.78, 5) is 30.4. The van der Waals surface area contributed by atoms with Crippen LogP contribution in [-0.2, 0) is 22.4 Å². The maximum atomic E-state index is 13.3. The second kappa shape index (κ2) is 9.07. The molecule has 2 aromatic heterocycles. The number of hydrogen-bond donors (Lipinski definition) is 1. The van der Waals surface area contributed by atoms with Gasteiger partial charge in [0.2, 0.25) is 5.13 Å². The summed E-state index contributed by atoms with van der Waals surface area (Å²) in [6, 6.07) is 17.9. The third kappa shape index (κ3) is 4.47. The first-order chi connectivity index (χ1) is 16.1. The van der Waals surface area contributed by atoms with Crippen molar-refractivity contribution in [3.05, 3.63) is 82.0 Å². The molecule has 5 rings (SSSR count). The lowest BCUT2D eigenvalue weighted by Gasteiger charge is -2.26. The number of nitrogens with zero attached hydrogens (tertiary/aromatic N) is 3. The van der Waals surface area contributed by atoms with Gasteiger partial charge in [0.15, 0.2) is 6.61 Å². The molecule has 0 saturated carbocycles. The number of carbonyl (C=O) groups excluding carboxylic acids is 2. The number of fused-ring (bicyclic) bond motifs is 2. The molecule has 7 nitrogen and oxygen atoms in total. The highest BCUT2D eigenvalue weighted by atomic mass is 32.1. The van der Waals surface area contributed by atoms with E-state index < -0.39 is 18.5 Å². The van der Waals surface area contributed by atoms with Gasteiger partial charge in [0.25, 0.3) is 5.91 Å². The minimum atomic E-state index is -0.512. The molecule has 166 valence electrons. The Morgan fingerprint density at radius 3 is 2.67 bits per heavy atom. The van der Waals surface area contributed by atoms with Crippen molar-refractivity contribution in [3.63, 3.8) is 0 Å². The Hall–Kier alpha value is -3.65. The van der Waals surface area contributed by atoms with Crippen molar-refractivity contribution < 1.29 is 14.3 Å². The van der Waals surface area contributed by atoms with Crippen LogP contribution in [0.25, 0.3) is 10.9 Å². The zero-order chi connectivity index (χ0) is 22.8. The van der Waals surface area contributed by atoms with Gasteiger partial charge in [-0.25, -0.2) is 4.79 Å². The van der Waals surface area contributed by atoms with Crippen molar-refractivity contribution in [2.24, 2.45) is 0 Å². The van der Waals surface area contributed by atoms with Crippen LogP contribution in [-0.4, -0.2) is 33.7 Å². The molecule has 0 radical (unpaired) electrons. The molecule has 1 N–H and O–H groups in total. The van der Waals surface area contributed by atoms with E-state index in [0.717, 1.165) is 40.0 Å². The average Bonchev–Trinajstić information content (AvgIpc) is 3.25. The van der Waals surface area contributed by atoms with E-state index in [-0.39, 0.29) is 0 Å². The molecule has 1 amide bonds. The Morgan fingerprint density at radius 1 is 1.09 bits per heavy atom. The maximum absolute atomic E-state index is 13.3. The molecule has 8 heteroatoms. The monoisotopic (exact) mass is 458 g/mol. The fraction of sp³-hybridized carbons (Fsp3) is 0.240. The standard InChI is InChI=1S/C25H22N4O3S/c1-15-28-29-25(33-15)27-22(30)14-32-24(31)23-18-9-5-6-10-20(18)26-21-12-11-17(13-19(21)23)16-7-3-2-4-8-16/h2-10,17H,11-14H2,1H3,(H,27,29,30). The summed E-state index contributed by atoms with van der Waals surface area (Å²) >= 11 is 1.26. The number of anilines is 1. The molecular weight excluding hydrogens is 436 g/mol. The summed E-state index contributed by atoms with van der Waals surface area (Å²) in [5.74, 6) is -0.659. The number of benzene rings is 2. The van der Waals surface area contributed by atoms with Crippen molar-refractivity contribution in [1.82, 2.24) is 15.2 Å². The lowest BCUT2D eigenvalue weighted by Crippen LogP contribution is -2.23. The minimum Gasteiger partial charge on any atom is -0.452 e. The normalized spacial score (nSPS) is 15.1. The molecule has 0 spiro atoms. The van der Waals surface area contributed by atoms with Crippen molar-refractivity contribution in [1.29, 1.82) is 0 Å². The Balaban J connectivity index is 1.42. The van der Waals surface area contributed by atoms with E-state index in [1.807, 2.05) is 42.5 Å². The molecule has 33 heavy (non-hydrogen) atoms. The van der Waals surface area contributed by atoms with Crippen LogP contribution < -0.4 is 5.32 Å². The SMILES string of the molecule is Cc1nnc(NC(=O)COC(=O)c2c3c(nc4ccccc24)CCC(c2ccccc2)C3)s1. The highest BCUT2D eigenvalue weighted by Crippen LogP contribution is 2.36. The van der Waals surface area contributed by atoms with Gasteiger partial charge < -0.3 is 4.74 Å². The van der Waals surface area contributed by atoms with E-state index in [4.69, 9.17) is 9.72 Å². The number of nitrogens with one attached hydrogen (secondary N) is 1. The summed E-state index contributed by atoms with van der Waals surface area (Å²) in [5.41, 5.74) is 4.37. The Kier molecular flexibility index (Phi) is 5.83. The minimum absolute atomic E-state index is 0.303. The van der Waals surface area contributed by atoms with E-state index in [9.17, 15) is 9.59 Å². The third-order valence-corrected chi connectivity index (χ3v) is 6.60. The quantitative estimate of drug-likeness (QED) is 0.444. The van der Waals surface area contributed by atoms with E-state index in [1.165, 1.54) is 16.9 Å². The molecule has 1 aliphatic carbocycles. The first-order valence-electron chi connectivity index (χ1n) is 10.8. The van der Waals surface area contributed by atoms with Gasteiger partial charge in [0.1, 0.15) is 5.01 Å². The van der Waals surface area contributed by atoms with Crippen LogP contribution in [0.1, 0.15) is 44.5 Å². The van der Waals surface area contributed by atoms with Crippen LogP contribution in [0.3, 0.4) is 0 Å². The van der Waals surface area contributed by atoms with Gasteiger partial charge in [0.05, 0.1) is 11.1 Å². The molecule has 1 unspecified atom stereocenters. The summed E-state index contributed by atoms with van der Waals surface area (Å²) in [6.07, 6.45) is 2.47. The molecule has 4 aromatic rings. The molecule has 2 aromatic carbocycles. The largest absolute Gasteiger partial charge is 0.452 e. The van der Waals surface area contributed by atoms with Crippen LogP contribution in [0, 0.1) is 6.92 Å². The van der Waals surface area contributed by atoms with Gasteiger partial charge in [0, 0.05) is 11.1 Å². The van der Waals surface area contributed by atoms with Gasteiger partial charge >= 0.3 is 5.97 Å². The number of para-hydroxylation sites is 1. The second-order valence-corrected chi connectivity index (χ2v) is 9.21. The van der Waals surface area contributed by atoms with Crippen molar-refractivity contribution in [3.8, 4) is 0 Å². The predicted octanol–water partition coefficient (Wildman–Crippen LogP) is 4.46. The highest BCUT2D eigenvalue weighted by molar-refractivity contribution is 7.15. The highest BCUT2D eigenvalue weighted by Gasteiger charge is 2.28. The molecular formula is C25H22N4O3S. The van der Waals surface area contributed by atoms with Crippen molar-refractivity contribution in [2.45, 2.75) is 32.1 Å². The zero-order valence-electron chi connectivity index (χ0n) is 18.1. The van der Waals surface area contributed by atoms with Crippen LogP contribution in [0.4, 0.5) is 5.13 Å². The van der Waals surface area contributed by atoms with Crippen molar-refractivity contribution in [2.75, 3.05) is 11.9 Å². The smallest absolute Gasteiger partial charge is 0.339 e. The number of esters is 1. The lowest BCUT2D eigenvalue weighted by atomic mass is 9.80. The van der Waals surface area contributed by atoms with E-state index in [0.29, 0.717) is 23.0 Å². The number of aromatic nitrogens is 3. The molecule has 1 atom stereocenters. The molecule has 2 heterocycles. The van der Waals surface area contributed by atoms with Crippen LogP contribution in [0.2, 0.25) is 0 Å². The summed E-state index contributed by atoms with van der Waals surface area (Å²) in [7, 11) is 0. The molecule has 0 fully saturated rings. The molecule has 0 bridgehead atoms. The molecule has 0 saturated heterocycles. The Morgan fingerprint density at radius 2 is 1.88 bits per heavy atom. The number of aryl methyl sites for hydroxylation is 2. The van der Waals surface area contributed by atoms with Gasteiger partial charge in [-0.05, 0) is 49.3 Å². The van der Waals surface area contributed by atoms with Crippen LogP contribution in [0.15, 0.2) is 54.6 Å². The fourth-order valence-electron chi connectivity index (χ4n) is 4.34. The summed E-state index contributed by atoms with van der Waals surface area (Å²) < 4.78 is 5.46. The third-order valence-electron chi connectivity index (χ3n) is 5.84.